The first-order valence-corrected chi connectivity index (χ1v) is 8.50. The maximum atomic E-state index is 12.8. The molecule has 0 radical (unpaired) electrons. The second-order valence-corrected chi connectivity index (χ2v) is 6.43. The van der Waals surface area contributed by atoms with Crippen molar-refractivity contribution < 1.29 is 9.59 Å². The number of fused-ring (bicyclic) bond motifs is 1. The Hall–Kier alpha value is -2.82. The Kier molecular flexibility index (Phi) is 5.03. The van der Waals surface area contributed by atoms with E-state index in [1.807, 2.05) is 49.5 Å². The summed E-state index contributed by atoms with van der Waals surface area (Å²) in [6.07, 6.45) is 2.10. The fourth-order valence-corrected chi connectivity index (χ4v) is 3.54. The summed E-state index contributed by atoms with van der Waals surface area (Å²) in [7, 11) is 1.83. The number of rotatable bonds is 5. The van der Waals surface area contributed by atoms with Crippen LogP contribution in [0.15, 0.2) is 54.6 Å². The lowest BCUT2D eigenvalue weighted by Crippen LogP contribution is -2.38. The standard InChI is InChI=1S/C20H23N3O2/c1-23(18-12-11-14-7-5-6-10-16(14)18)19(24)13-17(22-20(21)25)15-8-3-2-4-9-15/h2-10,17-18H,11-13H2,1H3,(H3,21,22,25). The van der Waals surface area contributed by atoms with E-state index in [0.29, 0.717) is 0 Å². The smallest absolute Gasteiger partial charge is 0.312 e. The van der Waals surface area contributed by atoms with Gasteiger partial charge in [-0.25, -0.2) is 4.79 Å². The number of aryl methyl sites for hydroxylation is 1. The molecule has 1 aliphatic carbocycles. The Morgan fingerprint density at radius 2 is 1.84 bits per heavy atom. The largest absolute Gasteiger partial charge is 0.352 e. The number of carbonyl (C=O) groups excluding carboxylic acids is 2. The van der Waals surface area contributed by atoms with Crippen LogP contribution in [0.25, 0.3) is 0 Å². The van der Waals surface area contributed by atoms with E-state index in [2.05, 4.69) is 17.4 Å². The van der Waals surface area contributed by atoms with Gasteiger partial charge in [0.25, 0.3) is 0 Å². The van der Waals surface area contributed by atoms with E-state index in [9.17, 15) is 9.59 Å². The number of nitrogens with two attached hydrogens (primary N) is 1. The molecule has 0 fully saturated rings. The van der Waals surface area contributed by atoms with Gasteiger partial charge in [0.05, 0.1) is 18.5 Å². The Labute approximate surface area is 147 Å². The first-order chi connectivity index (χ1) is 12.1. The van der Waals surface area contributed by atoms with Crippen molar-refractivity contribution in [1.29, 1.82) is 0 Å². The molecule has 0 bridgehead atoms. The Bertz CT molecular complexity index is 761. The first kappa shape index (κ1) is 17.0. The van der Waals surface area contributed by atoms with Gasteiger partial charge in [-0.3, -0.25) is 4.79 Å². The molecule has 130 valence electrons. The third-order valence-electron chi connectivity index (χ3n) is 4.86. The molecule has 2 atom stereocenters. The number of benzene rings is 2. The number of primary amides is 1. The third kappa shape index (κ3) is 3.82. The molecule has 3 rings (SSSR count). The minimum absolute atomic E-state index is 0.00990. The number of hydrogen-bond donors (Lipinski definition) is 2. The van der Waals surface area contributed by atoms with Crippen LogP contribution in [0.3, 0.4) is 0 Å². The Morgan fingerprint density at radius 1 is 1.16 bits per heavy atom. The Morgan fingerprint density at radius 3 is 2.56 bits per heavy atom. The highest BCUT2D eigenvalue weighted by Gasteiger charge is 2.29. The van der Waals surface area contributed by atoms with Gasteiger partial charge in [-0.15, -0.1) is 0 Å². The summed E-state index contributed by atoms with van der Waals surface area (Å²) < 4.78 is 0. The molecule has 0 saturated carbocycles. The molecule has 2 unspecified atom stereocenters. The van der Waals surface area contributed by atoms with Gasteiger partial charge in [-0.05, 0) is 29.5 Å². The molecule has 0 saturated heterocycles. The molecule has 2 aromatic carbocycles. The average molecular weight is 337 g/mol. The molecule has 2 aromatic rings. The summed E-state index contributed by atoms with van der Waals surface area (Å²) in [5.74, 6) is -0.00990. The van der Waals surface area contributed by atoms with Crippen molar-refractivity contribution in [3.63, 3.8) is 0 Å². The van der Waals surface area contributed by atoms with Gasteiger partial charge in [0.15, 0.2) is 0 Å². The number of hydrogen-bond acceptors (Lipinski definition) is 2. The number of carbonyl (C=O) groups is 2. The molecule has 1 aliphatic rings. The minimum atomic E-state index is -0.629. The molecule has 0 aromatic heterocycles. The van der Waals surface area contributed by atoms with E-state index >= 15 is 0 Å². The highest BCUT2D eigenvalue weighted by atomic mass is 16.2. The van der Waals surface area contributed by atoms with Crippen molar-refractivity contribution in [3.05, 3.63) is 71.3 Å². The van der Waals surface area contributed by atoms with Crippen LogP contribution in [-0.4, -0.2) is 23.9 Å². The topological polar surface area (TPSA) is 75.4 Å². The normalized spacial score (nSPS) is 16.8. The number of nitrogens with one attached hydrogen (secondary N) is 1. The van der Waals surface area contributed by atoms with Crippen molar-refractivity contribution >= 4 is 11.9 Å². The van der Waals surface area contributed by atoms with E-state index in [1.165, 1.54) is 11.1 Å². The quantitative estimate of drug-likeness (QED) is 0.880. The van der Waals surface area contributed by atoms with E-state index < -0.39 is 12.1 Å². The summed E-state index contributed by atoms with van der Waals surface area (Å²) >= 11 is 0. The zero-order valence-corrected chi connectivity index (χ0v) is 14.3. The number of urea groups is 1. The van der Waals surface area contributed by atoms with Gasteiger partial charge in [-0.2, -0.15) is 0 Å². The molecule has 0 spiro atoms. The summed E-state index contributed by atoms with van der Waals surface area (Å²) in [5.41, 5.74) is 8.69. The molecule has 0 aliphatic heterocycles. The summed E-state index contributed by atoms with van der Waals surface area (Å²) in [6, 6.07) is 16.7. The minimum Gasteiger partial charge on any atom is -0.352 e. The SMILES string of the molecule is CN(C(=O)CC(NC(N)=O)c1ccccc1)C1CCc2ccccc21. The highest BCUT2D eigenvalue weighted by Crippen LogP contribution is 2.35. The summed E-state index contributed by atoms with van der Waals surface area (Å²) in [4.78, 5) is 26.0. The lowest BCUT2D eigenvalue weighted by Gasteiger charge is -2.28. The van der Waals surface area contributed by atoms with Crippen LogP contribution in [0.4, 0.5) is 4.79 Å². The second-order valence-electron chi connectivity index (χ2n) is 6.43. The lowest BCUT2D eigenvalue weighted by atomic mass is 10.0. The van der Waals surface area contributed by atoms with Crippen LogP contribution < -0.4 is 11.1 Å². The molecule has 3 amide bonds. The van der Waals surface area contributed by atoms with Crippen LogP contribution in [0.5, 0.6) is 0 Å². The summed E-state index contributed by atoms with van der Waals surface area (Å²) in [5, 5.41) is 2.68. The van der Waals surface area contributed by atoms with Crippen LogP contribution in [0.2, 0.25) is 0 Å². The van der Waals surface area contributed by atoms with Gasteiger partial charge >= 0.3 is 6.03 Å². The lowest BCUT2D eigenvalue weighted by molar-refractivity contribution is -0.132. The van der Waals surface area contributed by atoms with Crippen LogP contribution in [-0.2, 0) is 11.2 Å². The van der Waals surface area contributed by atoms with E-state index in [0.717, 1.165) is 18.4 Å². The maximum Gasteiger partial charge on any atom is 0.312 e. The molecule has 3 N–H and O–H groups in total. The molecule has 0 heterocycles. The molecule has 25 heavy (non-hydrogen) atoms. The van der Waals surface area contributed by atoms with Gasteiger partial charge in [0.1, 0.15) is 0 Å². The average Bonchev–Trinajstić information content (AvgIpc) is 3.05. The van der Waals surface area contributed by atoms with Crippen molar-refractivity contribution in [3.8, 4) is 0 Å². The van der Waals surface area contributed by atoms with Crippen molar-refractivity contribution in [2.45, 2.75) is 31.3 Å². The molecular formula is C20H23N3O2. The third-order valence-corrected chi connectivity index (χ3v) is 4.86. The van der Waals surface area contributed by atoms with Crippen molar-refractivity contribution in [2.24, 2.45) is 5.73 Å². The van der Waals surface area contributed by atoms with Gasteiger partial charge < -0.3 is 16.0 Å². The van der Waals surface area contributed by atoms with Crippen LogP contribution >= 0.6 is 0 Å². The maximum absolute atomic E-state index is 12.8. The first-order valence-electron chi connectivity index (χ1n) is 8.50. The van der Waals surface area contributed by atoms with Gasteiger partial charge in [0.2, 0.25) is 5.91 Å². The van der Waals surface area contributed by atoms with Crippen LogP contribution in [0.1, 0.15) is 41.6 Å². The predicted octanol–water partition coefficient (Wildman–Crippen LogP) is 2.93. The fraction of sp³-hybridized carbons (Fsp3) is 0.300. The molecule has 5 nitrogen and oxygen atoms in total. The van der Waals surface area contributed by atoms with E-state index in [4.69, 9.17) is 5.73 Å². The van der Waals surface area contributed by atoms with E-state index in [1.54, 1.807) is 4.90 Å². The molecular weight excluding hydrogens is 314 g/mol. The fourth-order valence-electron chi connectivity index (χ4n) is 3.54. The van der Waals surface area contributed by atoms with E-state index in [-0.39, 0.29) is 18.4 Å². The Balaban J connectivity index is 1.74. The summed E-state index contributed by atoms with van der Waals surface area (Å²) in [6.45, 7) is 0. The predicted molar refractivity (Wildman–Crippen MR) is 96.8 cm³/mol. The molecule has 5 heteroatoms. The number of amides is 3. The highest BCUT2D eigenvalue weighted by molar-refractivity contribution is 5.79. The van der Waals surface area contributed by atoms with Crippen molar-refractivity contribution in [1.82, 2.24) is 10.2 Å². The van der Waals surface area contributed by atoms with Gasteiger partial charge in [-0.1, -0.05) is 54.6 Å². The second kappa shape index (κ2) is 7.38. The van der Waals surface area contributed by atoms with Crippen LogP contribution in [0, 0.1) is 0 Å². The monoisotopic (exact) mass is 337 g/mol. The van der Waals surface area contributed by atoms with Gasteiger partial charge in [0, 0.05) is 7.05 Å². The zero-order chi connectivity index (χ0) is 17.8. The number of nitrogens with zero attached hydrogens (tertiary/aromatic N) is 1. The zero-order valence-electron chi connectivity index (χ0n) is 14.3. The van der Waals surface area contributed by atoms with Crippen molar-refractivity contribution in [2.75, 3.05) is 7.05 Å².